The molecule has 1 N–H and O–H groups in total. The fraction of sp³-hybridized carbons (Fsp3) is 0.722. The van der Waals surface area contributed by atoms with Gasteiger partial charge in [-0.15, -0.1) is 0 Å². The lowest BCUT2D eigenvalue weighted by Gasteiger charge is -2.31. The molecule has 0 amide bonds. The maximum absolute atomic E-state index is 12.0. The number of rotatable bonds is 6. The summed E-state index contributed by atoms with van der Waals surface area (Å²) in [5.74, 6) is 0.731. The van der Waals surface area contributed by atoms with E-state index in [1.54, 1.807) is 6.07 Å². The van der Waals surface area contributed by atoms with Crippen LogP contribution in [0, 0.1) is 12.8 Å². The van der Waals surface area contributed by atoms with E-state index in [9.17, 15) is 9.90 Å². The standard InChI is InChI=1S/C18H30N2O2/c1-4-5-6-9-20-15(3)12-17(21)18(22)16(20)13-19-10-7-14(2)8-11-19/h12,14,22H,4-11,13H2,1-3H3. The van der Waals surface area contributed by atoms with Gasteiger partial charge in [0.15, 0.2) is 5.75 Å². The topological polar surface area (TPSA) is 45.5 Å². The zero-order valence-corrected chi connectivity index (χ0v) is 14.3. The van der Waals surface area contributed by atoms with Gasteiger partial charge in [0.2, 0.25) is 5.43 Å². The zero-order chi connectivity index (χ0) is 16.1. The third-order valence-corrected chi connectivity index (χ3v) is 4.83. The van der Waals surface area contributed by atoms with E-state index in [0.717, 1.165) is 43.4 Å². The molecular formula is C18H30N2O2. The Labute approximate surface area is 133 Å². The van der Waals surface area contributed by atoms with Gasteiger partial charge in [0.1, 0.15) is 0 Å². The van der Waals surface area contributed by atoms with Crippen LogP contribution in [0.1, 0.15) is 57.3 Å². The molecule has 0 atom stereocenters. The molecule has 124 valence electrons. The van der Waals surface area contributed by atoms with Gasteiger partial charge in [0.05, 0.1) is 5.69 Å². The van der Waals surface area contributed by atoms with Crippen LogP contribution < -0.4 is 5.43 Å². The lowest BCUT2D eigenvalue weighted by molar-refractivity contribution is 0.178. The lowest BCUT2D eigenvalue weighted by Crippen LogP contribution is -2.34. The molecule has 0 bridgehead atoms. The van der Waals surface area contributed by atoms with Crippen LogP contribution in [0.3, 0.4) is 0 Å². The third kappa shape index (κ3) is 4.13. The van der Waals surface area contributed by atoms with Crippen molar-refractivity contribution in [2.45, 2.75) is 66.0 Å². The number of aromatic hydroxyl groups is 1. The van der Waals surface area contributed by atoms with Gasteiger partial charge in [-0.3, -0.25) is 9.69 Å². The molecule has 0 aliphatic carbocycles. The Bertz CT molecular complexity index is 543. The van der Waals surface area contributed by atoms with Gasteiger partial charge in [-0.25, -0.2) is 0 Å². The summed E-state index contributed by atoms with van der Waals surface area (Å²) in [7, 11) is 0. The van der Waals surface area contributed by atoms with E-state index < -0.39 is 0 Å². The minimum atomic E-state index is -0.246. The number of hydrogen-bond donors (Lipinski definition) is 1. The van der Waals surface area contributed by atoms with Crippen molar-refractivity contribution in [3.8, 4) is 5.75 Å². The van der Waals surface area contributed by atoms with E-state index in [0.29, 0.717) is 6.54 Å². The molecule has 22 heavy (non-hydrogen) atoms. The van der Waals surface area contributed by atoms with Crippen LogP contribution >= 0.6 is 0 Å². The number of aryl methyl sites for hydroxylation is 1. The summed E-state index contributed by atoms with van der Waals surface area (Å²) < 4.78 is 2.14. The van der Waals surface area contributed by atoms with Crippen LogP contribution in [0.2, 0.25) is 0 Å². The number of unbranched alkanes of at least 4 members (excludes halogenated alkanes) is 2. The summed E-state index contributed by atoms with van der Waals surface area (Å²) in [6.45, 7) is 10.1. The Hall–Kier alpha value is -1.29. The second-order valence-electron chi connectivity index (χ2n) is 6.76. The van der Waals surface area contributed by atoms with Crippen molar-refractivity contribution in [1.82, 2.24) is 9.47 Å². The highest BCUT2D eigenvalue weighted by Crippen LogP contribution is 2.22. The van der Waals surface area contributed by atoms with Crippen LogP contribution in [0.15, 0.2) is 10.9 Å². The molecular weight excluding hydrogens is 276 g/mol. The maximum atomic E-state index is 12.0. The van der Waals surface area contributed by atoms with Crippen molar-refractivity contribution in [3.05, 3.63) is 27.7 Å². The van der Waals surface area contributed by atoms with Gasteiger partial charge in [0, 0.05) is 24.8 Å². The highest BCUT2D eigenvalue weighted by atomic mass is 16.3. The Balaban J connectivity index is 2.21. The summed E-state index contributed by atoms with van der Waals surface area (Å²) >= 11 is 0. The first-order valence-corrected chi connectivity index (χ1v) is 8.67. The average Bonchev–Trinajstić information content (AvgIpc) is 2.49. The molecule has 1 aliphatic rings. The second-order valence-corrected chi connectivity index (χ2v) is 6.76. The fourth-order valence-corrected chi connectivity index (χ4v) is 3.24. The molecule has 4 heteroatoms. The molecule has 1 fully saturated rings. The van der Waals surface area contributed by atoms with Crippen molar-refractivity contribution in [2.24, 2.45) is 5.92 Å². The maximum Gasteiger partial charge on any atom is 0.223 e. The SMILES string of the molecule is CCCCCn1c(C)cc(=O)c(O)c1CN1CCC(C)CC1. The number of pyridine rings is 1. The largest absolute Gasteiger partial charge is 0.503 e. The highest BCUT2D eigenvalue weighted by Gasteiger charge is 2.20. The van der Waals surface area contributed by atoms with Gasteiger partial charge in [-0.2, -0.15) is 0 Å². The summed E-state index contributed by atoms with van der Waals surface area (Å²) in [5, 5.41) is 10.3. The van der Waals surface area contributed by atoms with E-state index in [-0.39, 0.29) is 11.2 Å². The number of hydrogen-bond acceptors (Lipinski definition) is 3. The minimum Gasteiger partial charge on any atom is -0.503 e. The van der Waals surface area contributed by atoms with Crippen LogP contribution in [-0.4, -0.2) is 27.7 Å². The number of piperidine rings is 1. The van der Waals surface area contributed by atoms with Gasteiger partial charge < -0.3 is 9.67 Å². The van der Waals surface area contributed by atoms with Crippen molar-refractivity contribution in [3.63, 3.8) is 0 Å². The molecule has 0 radical (unpaired) electrons. The average molecular weight is 306 g/mol. The Morgan fingerprint density at radius 2 is 1.95 bits per heavy atom. The first-order valence-electron chi connectivity index (χ1n) is 8.67. The van der Waals surface area contributed by atoms with Gasteiger partial charge in [-0.1, -0.05) is 26.7 Å². The quantitative estimate of drug-likeness (QED) is 0.820. The van der Waals surface area contributed by atoms with Crippen molar-refractivity contribution in [2.75, 3.05) is 13.1 Å². The number of aromatic nitrogens is 1. The van der Waals surface area contributed by atoms with Gasteiger partial charge >= 0.3 is 0 Å². The zero-order valence-electron chi connectivity index (χ0n) is 14.3. The van der Waals surface area contributed by atoms with Crippen LogP contribution in [-0.2, 0) is 13.1 Å². The summed E-state index contributed by atoms with van der Waals surface area (Å²) in [6.07, 6.45) is 5.83. The van der Waals surface area contributed by atoms with E-state index in [1.807, 2.05) is 6.92 Å². The molecule has 4 nitrogen and oxygen atoms in total. The smallest absolute Gasteiger partial charge is 0.223 e. The van der Waals surface area contributed by atoms with Crippen molar-refractivity contribution >= 4 is 0 Å². The fourth-order valence-electron chi connectivity index (χ4n) is 3.24. The van der Waals surface area contributed by atoms with E-state index in [2.05, 4.69) is 23.3 Å². The molecule has 0 spiro atoms. The number of likely N-dealkylation sites (tertiary alicyclic amines) is 1. The first-order chi connectivity index (χ1) is 10.5. The van der Waals surface area contributed by atoms with E-state index in [1.165, 1.54) is 25.7 Å². The first kappa shape index (κ1) is 17.1. The molecule has 0 saturated carbocycles. The summed E-state index contributed by atoms with van der Waals surface area (Å²) in [4.78, 5) is 14.3. The highest BCUT2D eigenvalue weighted by molar-refractivity contribution is 5.29. The van der Waals surface area contributed by atoms with Gasteiger partial charge in [0.25, 0.3) is 0 Å². The van der Waals surface area contributed by atoms with E-state index >= 15 is 0 Å². The minimum absolute atomic E-state index is 0.0549. The Kier molecular flexibility index (Phi) is 6.07. The van der Waals surface area contributed by atoms with Crippen LogP contribution in [0.5, 0.6) is 5.75 Å². The molecule has 1 saturated heterocycles. The van der Waals surface area contributed by atoms with Crippen molar-refractivity contribution in [1.29, 1.82) is 0 Å². The summed E-state index contributed by atoms with van der Waals surface area (Å²) in [6, 6.07) is 1.56. The van der Waals surface area contributed by atoms with Crippen LogP contribution in [0.25, 0.3) is 0 Å². The number of nitrogens with zero attached hydrogens (tertiary/aromatic N) is 2. The van der Waals surface area contributed by atoms with Crippen LogP contribution in [0.4, 0.5) is 0 Å². The molecule has 1 aliphatic heterocycles. The molecule has 2 rings (SSSR count). The van der Waals surface area contributed by atoms with Crippen molar-refractivity contribution < 1.29 is 5.11 Å². The normalized spacial score (nSPS) is 17.0. The molecule has 1 aromatic heterocycles. The Morgan fingerprint density at radius 1 is 1.27 bits per heavy atom. The molecule has 0 aromatic carbocycles. The summed E-state index contributed by atoms with van der Waals surface area (Å²) in [5.41, 5.74) is 1.51. The van der Waals surface area contributed by atoms with Gasteiger partial charge in [-0.05, 0) is 45.2 Å². The molecule has 0 unspecified atom stereocenters. The monoisotopic (exact) mass is 306 g/mol. The third-order valence-electron chi connectivity index (χ3n) is 4.83. The predicted octanol–water partition coefficient (Wildman–Crippen LogP) is 3.28. The van der Waals surface area contributed by atoms with E-state index in [4.69, 9.17) is 0 Å². The Morgan fingerprint density at radius 3 is 2.59 bits per heavy atom. The molecule has 2 heterocycles. The predicted molar refractivity (Wildman–Crippen MR) is 90.3 cm³/mol. The lowest BCUT2D eigenvalue weighted by atomic mass is 9.99. The second kappa shape index (κ2) is 7.82. The molecule has 1 aromatic rings.